The Bertz CT molecular complexity index is 1220. The van der Waals surface area contributed by atoms with Gasteiger partial charge in [0.1, 0.15) is 12.0 Å². The molecule has 2 aromatic carbocycles. The molecule has 2 heterocycles. The van der Waals surface area contributed by atoms with E-state index in [0.29, 0.717) is 32.1 Å². The summed E-state index contributed by atoms with van der Waals surface area (Å²) in [5.41, 5.74) is 3.73. The van der Waals surface area contributed by atoms with Gasteiger partial charge in [-0.2, -0.15) is 0 Å². The van der Waals surface area contributed by atoms with Gasteiger partial charge in [0, 0.05) is 49.4 Å². The van der Waals surface area contributed by atoms with Crippen molar-refractivity contribution in [3.05, 3.63) is 83.7 Å². The number of oxazole rings is 1. The lowest BCUT2D eigenvalue weighted by Gasteiger charge is -2.22. The lowest BCUT2D eigenvalue weighted by atomic mass is 10.1. The Labute approximate surface area is 198 Å². The van der Waals surface area contributed by atoms with Gasteiger partial charge in [-0.15, -0.1) is 0 Å². The fourth-order valence-electron chi connectivity index (χ4n) is 3.94. The fourth-order valence-corrected chi connectivity index (χ4v) is 3.94. The maximum absolute atomic E-state index is 12.3. The number of fused-ring (bicyclic) bond motifs is 1. The lowest BCUT2D eigenvalue weighted by molar-refractivity contribution is 0.0932. The summed E-state index contributed by atoms with van der Waals surface area (Å²) in [4.78, 5) is 22.3. The fraction of sp³-hybridized carbons (Fsp3) is 0.308. The van der Waals surface area contributed by atoms with Gasteiger partial charge in [0.2, 0.25) is 5.89 Å². The minimum absolute atomic E-state index is 0.264. The molecule has 0 radical (unpaired) electrons. The SMILES string of the molecule is COCCNC(=O)c1coc(CN(CCc2c[nH]c3ccccc23)Cc2ccccc2OC)n1. The number of carbonyl (C=O) groups is 1. The molecule has 8 heteroatoms. The zero-order valence-corrected chi connectivity index (χ0v) is 19.5. The number of amides is 1. The molecule has 0 aliphatic carbocycles. The van der Waals surface area contributed by atoms with Crippen molar-refractivity contribution in [2.75, 3.05) is 33.9 Å². The Morgan fingerprint density at radius 2 is 1.91 bits per heavy atom. The number of methoxy groups -OCH3 is 2. The number of H-pyrrole nitrogens is 1. The topological polar surface area (TPSA) is 92.6 Å². The number of hydrogen-bond acceptors (Lipinski definition) is 6. The van der Waals surface area contributed by atoms with Gasteiger partial charge >= 0.3 is 0 Å². The highest BCUT2D eigenvalue weighted by Gasteiger charge is 2.17. The summed E-state index contributed by atoms with van der Waals surface area (Å²) in [6.07, 6.45) is 4.32. The van der Waals surface area contributed by atoms with Crippen molar-refractivity contribution < 1.29 is 18.7 Å². The number of para-hydroxylation sites is 2. The van der Waals surface area contributed by atoms with E-state index in [9.17, 15) is 4.79 Å². The summed E-state index contributed by atoms with van der Waals surface area (Å²) in [7, 11) is 3.27. The Morgan fingerprint density at radius 3 is 2.76 bits per heavy atom. The van der Waals surface area contributed by atoms with Gasteiger partial charge in [0.05, 0.1) is 20.3 Å². The van der Waals surface area contributed by atoms with Crippen LogP contribution < -0.4 is 10.1 Å². The number of benzene rings is 2. The van der Waals surface area contributed by atoms with Gasteiger partial charge in [-0.05, 0) is 24.1 Å². The number of carbonyl (C=O) groups excluding carboxylic acids is 1. The number of nitrogens with one attached hydrogen (secondary N) is 2. The Morgan fingerprint density at radius 1 is 1.09 bits per heavy atom. The number of nitrogens with zero attached hydrogens (tertiary/aromatic N) is 2. The molecule has 0 saturated carbocycles. The van der Waals surface area contributed by atoms with Crippen molar-refractivity contribution in [3.8, 4) is 5.75 Å². The quantitative estimate of drug-likeness (QED) is 0.311. The third-order valence-corrected chi connectivity index (χ3v) is 5.69. The molecule has 2 aromatic heterocycles. The zero-order chi connectivity index (χ0) is 23.8. The van der Waals surface area contributed by atoms with Crippen LogP contribution >= 0.6 is 0 Å². The van der Waals surface area contributed by atoms with E-state index >= 15 is 0 Å². The smallest absolute Gasteiger partial charge is 0.273 e. The molecule has 4 rings (SSSR count). The first kappa shape index (κ1) is 23.5. The normalized spacial score (nSPS) is 11.3. The zero-order valence-electron chi connectivity index (χ0n) is 19.5. The van der Waals surface area contributed by atoms with Crippen LogP contribution in [0.15, 0.2) is 65.4 Å². The van der Waals surface area contributed by atoms with E-state index in [1.165, 1.54) is 17.2 Å². The number of aromatic amines is 1. The standard InChI is InChI=1S/C26H30N4O4/c1-32-14-12-27-26(31)23-18-34-25(29-23)17-30(16-20-7-3-6-10-24(20)33-2)13-11-19-15-28-22-9-5-4-8-21(19)22/h3-10,15,18,28H,11-14,16-17H2,1-2H3,(H,27,31). The summed E-state index contributed by atoms with van der Waals surface area (Å²) in [5, 5.41) is 3.99. The predicted octanol–water partition coefficient (Wildman–Crippen LogP) is 3.79. The molecular formula is C26H30N4O4. The maximum atomic E-state index is 12.3. The number of ether oxygens (including phenoxy) is 2. The van der Waals surface area contributed by atoms with E-state index in [1.807, 2.05) is 24.3 Å². The van der Waals surface area contributed by atoms with Crippen LogP contribution in [-0.2, 0) is 24.2 Å². The van der Waals surface area contributed by atoms with Crippen LogP contribution in [0.4, 0.5) is 0 Å². The van der Waals surface area contributed by atoms with Gasteiger partial charge in [-0.25, -0.2) is 4.98 Å². The van der Waals surface area contributed by atoms with E-state index in [1.54, 1.807) is 14.2 Å². The molecule has 8 nitrogen and oxygen atoms in total. The monoisotopic (exact) mass is 462 g/mol. The maximum Gasteiger partial charge on any atom is 0.273 e. The molecule has 0 atom stereocenters. The molecule has 0 saturated heterocycles. The molecule has 1 amide bonds. The third kappa shape index (κ3) is 5.84. The first-order chi connectivity index (χ1) is 16.7. The molecule has 34 heavy (non-hydrogen) atoms. The molecular weight excluding hydrogens is 432 g/mol. The highest BCUT2D eigenvalue weighted by molar-refractivity contribution is 5.91. The van der Waals surface area contributed by atoms with E-state index in [-0.39, 0.29) is 11.6 Å². The first-order valence-electron chi connectivity index (χ1n) is 11.3. The second-order valence-corrected chi connectivity index (χ2v) is 8.01. The average Bonchev–Trinajstić information content (AvgIpc) is 3.50. The minimum atomic E-state index is -0.276. The van der Waals surface area contributed by atoms with E-state index < -0.39 is 0 Å². The van der Waals surface area contributed by atoms with Gasteiger partial charge in [0.15, 0.2) is 5.69 Å². The molecule has 0 fully saturated rings. The largest absolute Gasteiger partial charge is 0.496 e. The Balaban J connectivity index is 1.49. The van der Waals surface area contributed by atoms with Crippen LogP contribution in [0.3, 0.4) is 0 Å². The summed E-state index contributed by atoms with van der Waals surface area (Å²) >= 11 is 0. The average molecular weight is 463 g/mol. The number of hydrogen-bond donors (Lipinski definition) is 2. The van der Waals surface area contributed by atoms with E-state index in [4.69, 9.17) is 13.9 Å². The molecule has 178 valence electrons. The Hall–Kier alpha value is -3.62. The number of rotatable bonds is 12. The first-order valence-corrected chi connectivity index (χ1v) is 11.3. The highest BCUT2D eigenvalue weighted by atomic mass is 16.5. The molecule has 0 spiro atoms. The molecule has 0 aliphatic rings. The van der Waals surface area contributed by atoms with Gasteiger partial charge in [-0.3, -0.25) is 9.69 Å². The van der Waals surface area contributed by atoms with Crippen molar-refractivity contribution in [1.82, 2.24) is 20.2 Å². The summed E-state index contributed by atoms with van der Waals surface area (Å²) < 4.78 is 16.2. The van der Waals surface area contributed by atoms with Crippen LogP contribution in [0.2, 0.25) is 0 Å². The van der Waals surface area contributed by atoms with Crippen LogP contribution in [0.1, 0.15) is 27.5 Å². The van der Waals surface area contributed by atoms with Crippen LogP contribution in [-0.4, -0.2) is 54.7 Å². The lowest BCUT2D eigenvalue weighted by Crippen LogP contribution is -2.28. The highest BCUT2D eigenvalue weighted by Crippen LogP contribution is 2.22. The summed E-state index contributed by atoms with van der Waals surface area (Å²) in [5.74, 6) is 1.05. The van der Waals surface area contributed by atoms with E-state index in [0.717, 1.165) is 29.8 Å². The van der Waals surface area contributed by atoms with Gasteiger partial charge < -0.3 is 24.2 Å². The molecule has 2 N–H and O–H groups in total. The van der Waals surface area contributed by atoms with E-state index in [2.05, 4.69) is 50.6 Å². The van der Waals surface area contributed by atoms with Crippen LogP contribution in [0.5, 0.6) is 5.75 Å². The van der Waals surface area contributed by atoms with Crippen LogP contribution in [0, 0.1) is 0 Å². The van der Waals surface area contributed by atoms with Crippen molar-refractivity contribution in [3.63, 3.8) is 0 Å². The minimum Gasteiger partial charge on any atom is -0.496 e. The second-order valence-electron chi connectivity index (χ2n) is 8.01. The van der Waals surface area contributed by atoms with Crippen LogP contribution in [0.25, 0.3) is 10.9 Å². The van der Waals surface area contributed by atoms with Crippen molar-refractivity contribution in [1.29, 1.82) is 0 Å². The molecule has 0 bridgehead atoms. The predicted molar refractivity (Wildman–Crippen MR) is 130 cm³/mol. The molecule has 0 unspecified atom stereocenters. The van der Waals surface area contributed by atoms with Crippen molar-refractivity contribution in [2.24, 2.45) is 0 Å². The molecule has 0 aliphatic heterocycles. The Kier molecular flexibility index (Phi) is 7.95. The van der Waals surface area contributed by atoms with Crippen molar-refractivity contribution in [2.45, 2.75) is 19.5 Å². The van der Waals surface area contributed by atoms with Gasteiger partial charge in [0.25, 0.3) is 5.91 Å². The summed E-state index contributed by atoms with van der Waals surface area (Å²) in [6.45, 7) is 2.76. The second kappa shape index (κ2) is 11.5. The summed E-state index contributed by atoms with van der Waals surface area (Å²) in [6, 6.07) is 16.3. The third-order valence-electron chi connectivity index (χ3n) is 5.69. The molecule has 4 aromatic rings. The number of aromatic nitrogens is 2. The van der Waals surface area contributed by atoms with Gasteiger partial charge in [-0.1, -0.05) is 36.4 Å². The van der Waals surface area contributed by atoms with Crippen molar-refractivity contribution >= 4 is 16.8 Å².